The summed E-state index contributed by atoms with van der Waals surface area (Å²) < 4.78 is 78.2. The molecule has 0 aliphatic rings. The molecular formula is C22H15F5N2O2S. The first-order valence-corrected chi connectivity index (χ1v) is 10.0. The third-order valence-corrected chi connectivity index (χ3v) is 5.45. The number of aromatic nitrogens is 1. The van der Waals surface area contributed by atoms with E-state index in [1.165, 1.54) is 31.2 Å². The van der Waals surface area contributed by atoms with E-state index < -0.39 is 35.0 Å². The number of hydrogen-bond donors (Lipinski definition) is 0. The van der Waals surface area contributed by atoms with Crippen molar-refractivity contribution in [1.29, 1.82) is 5.26 Å². The maximum atomic E-state index is 14.4. The molecule has 0 bridgehead atoms. The first kappa shape index (κ1) is 23.3. The van der Waals surface area contributed by atoms with Gasteiger partial charge < -0.3 is 9.53 Å². The Morgan fingerprint density at radius 1 is 1.16 bits per heavy atom. The number of nitrogens with zero attached hydrogens (tertiary/aromatic N) is 2. The van der Waals surface area contributed by atoms with Crippen LogP contribution in [0.3, 0.4) is 0 Å². The van der Waals surface area contributed by atoms with Gasteiger partial charge in [0.1, 0.15) is 17.3 Å². The van der Waals surface area contributed by atoms with Crippen LogP contribution >= 0.6 is 11.5 Å². The van der Waals surface area contributed by atoms with Crippen LogP contribution in [0.5, 0.6) is 5.75 Å². The fraction of sp³-hybridized carbons (Fsp3) is 0.227. The number of Topliss-reactive ketones (excluding diaryl/α,β-unsaturated/α-hetero) is 1. The zero-order valence-electron chi connectivity index (χ0n) is 16.6. The number of carbonyl (C=O) groups excluding carboxylic acids is 1. The Bertz CT molecular complexity index is 1160. The fourth-order valence-electron chi connectivity index (χ4n) is 2.95. The normalized spacial score (nSPS) is 11.3. The molecule has 10 heteroatoms. The van der Waals surface area contributed by atoms with Gasteiger partial charge in [-0.25, -0.2) is 8.78 Å². The van der Waals surface area contributed by atoms with Gasteiger partial charge in [-0.15, -0.1) is 0 Å². The Labute approximate surface area is 184 Å². The lowest BCUT2D eigenvalue weighted by atomic mass is 10.0. The summed E-state index contributed by atoms with van der Waals surface area (Å²) in [6.07, 6.45) is -4.52. The molecule has 0 saturated heterocycles. The lowest BCUT2D eigenvalue weighted by molar-refractivity contribution is -0.135. The largest absolute Gasteiger partial charge is 0.483 e. The van der Waals surface area contributed by atoms with Crippen molar-refractivity contribution in [2.75, 3.05) is 0 Å². The van der Waals surface area contributed by atoms with Crippen molar-refractivity contribution in [2.24, 2.45) is 0 Å². The summed E-state index contributed by atoms with van der Waals surface area (Å²) in [4.78, 5) is 10.0. The van der Waals surface area contributed by atoms with E-state index >= 15 is 0 Å². The van der Waals surface area contributed by atoms with Gasteiger partial charge >= 0.3 is 6.18 Å². The van der Waals surface area contributed by atoms with Gasteiger partial charge in [0.15, 0.2) is 17.4 Å². The van der Waals surface area contributed by atoms with Crippen molar-refractivity contribution < 1.29 is 31.5 Å². The highest BCUT2D eigenvalue weighted by Gasteiger charge is 2.38. The van der Waals surface area contributed by atoms with Gasteiger partial charge in [-0.2, -0.15) is 22.8 Å². The molecule has 3 rings (SSSR count). The van der Waals surface area contributed by atoms with E-state index in [1.54, 1.807) is 0 Å². The molecule has 1 aromatic heterocycles. The van der Waals surface area contributed by atoms with E-state index in [4.69, 9.17) is 10.00 Å². The summed E-state index contributed by atoms with van der Waals surface area (Å²) in [6, 6.07) is 9.59. The number of halogens is 5. The van der Waals surface area contributed by atoms with Crippen LogP contribution in [0.2, 0.25) is 0 Å². The van der Waals surface area contributed by atoms with Crippen LogP contribution in [-0.4, -0.2) is 10.2 Å². The second-order valence-electron chi connectivity index (χ2n) is 6.91. The van der Waals surface area contributed by atoms with Crippen LogP contribution in [0.15, 0.2) is 36.4 Å². The maximum Gasteiger partial charge on any atom is 0.427 e. The quantitative estimate of drug-likeness (QED) is 0.396. The molecule has 0 aliphatic carbocycles. The van der Waals surface area contributed by atoms with Crippen molar-refractivity contribution in [1.82, 2.24) is 4.37 Å². The summed E-state index contributed by atoms with van der Waals surface area (Å²) >= 11 is 0.204. The van der Waals surface area contributed by atoms with E-state index in [0.717, 1.165) is 12.1 Å². The summed E-state index contributed by atoms with van der Waals surface area (Å²) in [5.74, 6) is -3.13. The minimum absolute atomic E-state index is 0.0503. The molecule has 0 atom stereocenters. The Kier molecular flexibility index (Phi) is 6.89. The molecular weight excluding hydrogens is 451 g/mol. The number of ether oxygens (including phenoxy) is 1. The molecule has 0 unspecified atom stereocenters. The summed E-state index contributed by atoms with van der Waals surface area (Å²) in [5, 5.41) is 8.89. The van der Waals surface area contributed by atoms with Crippen LogP contribution in [0, 0.1) is 23.0 Å². The third-order valence-electron chi connectivity index (χ3n) is 4.52. The summed E-state index contributed by atoms with van der Waals surface area (Å²) in [7, 11) is 0. The highest BCUT2D eigenvalue weighted by atomic mass is 32.1. The fourth-order valence-corrected chi connectivity index (χ4v) is 3.72. The van der Waals surface area contributed by atoms with Crippen molar-refractivity contribution in [2.45, 2.75) is 32.5 Å². The van der Waals surface area contributed by atoms with Gasteiger partial charge in [-0.05, 0) is 54.7 Å². The number of ketones is 1. The maximum absolute atomic E-state index is 14.4. The van der Waals surface area contributed by atoms with Crippen molar-refractivity contribution in [3.05, 3.63) is 69.6 Å². The zero-order valence-corrected chi connectivity index (χ0v) is 17.4. The smallest absolute Gasteiger partial charge is 0.427 e. The van der Waals surface area contributed by atoms with Gasteiger partial charge in [0.05, 0.1) is 17.3 Å². The van der Waals surface area contributed by atoms with E-state index in [0.29, 0.717) is 11.1 Å². The van der Waals surface area contributed by atoms with E-state index in [-0.39, 0.29) is 47.0 Å². The molecule has 2 aromatic carbocycles. The van der Waals surface area contributed by atoms with Gasteiger partial charge in [0.25, 0.3) is 0 Å². The van der Waals surface area contributed by atoms with Gasteiger partial charge in [0.2, 0.25) is 0 Å². The standard InChI is InChI=1S/C22H15F5N2O2S/c1-12(30)2-3-14-8-17(23)20(18(24)9-14)31-11-16-19(29-32-21(16)22(25,26)27)15-6-4-13(10-28)5-7-15/h4-9H,2-3,11H2,1H3. The first-order valence-electron chi connectivity index (χ1n) is 9.26. The SMILES string of the molecule is CC(=O)CCc1cc(F)c(OCc2c(-c3ccc(C#N)cc3)nsc2C(F)(F)F)c(F)c1. The molecule has 0 N–H and O–H groups in total. The van der Waals surface area contributed by atoms with Crippen LogP contribution in [0.4, 0.5) is 22.0 Å². The van der Waals surface area contributed by atoms with Crippen LogP contribution in [0.1, 0.15) is 34.9 Å². The Morgan fingerprint density at radius 2 is 1.78 bits per heavy atom. The number of aryl methyl sites for hydroxylation is 1. The average Bonchev–Trinajstić information content (AvgIpc) is 3.16. The number of rotatable bonds is 7. The van der Waals surface area contributed by atoms with Crippen molar-refractivity contribution in [3.63, 3.8) is 0 Å². The molecule has 0 radical (unpaired) electrons. The highest BCUT2D eigenvalue weighted by Crippen LogP contribution is 2.40. The number of carbonyl (C=O) groups is 1. The van der Waals surface area contributed by atoms with Crippen molar-refractivity contribution in [3.8, 4) is 23.1 Å². The Morgan fingerprint density at radius 3 is 2.31 bits per heavy atom. The van der Waals surface area contributed by atoms with Crippen LogP contribution < -0.4 is 4.74 Å². The number of hydrogen-bond acceptors (Lipinski definition) is 5. The van der Waals surface area contributed by atoms with E-state index in [9.17, 15) is 26.7 Å². The highest BCUT2D eigenvalue weighted by molar-refractivity contribution is 7.06. The van der Waals surface area contributed by atoms with Gasteiger partial charge in [-0.1, -0.05) is 12.1 Å². The minimum atomic E-state index is -4.74. The molecule has 0 amide bonds. The lowest BCUT2D eigenvalue weighted by Gasteiger charge is -2.13. The van der Waals surface area contributed by atoms with Crippen LogP contribution in [-0.2, 0) is 24.0 Å². The van der Waals surface area contributed by atoms with Crippen molar-refractivity contribution >= 4 is 17.3 Å². The number of alkyl halides is 3. The number of nitriles is 1. The monoisotopic (exact) mass is 466 g/mol. The van der Waals surface area contributed by atoms with Gasteiger partial charge in [0, 0.05) is 17.5 Å². The minimum Gasteiger partial charge on any atom is -0.483 e. The summed E-state index contributed by atoms with van der Waals surface area (Å²) in [5.41, 5.74) is 0.424. The second kappa shape index (κ2) is 9.44. The predicted octanol–water partition coefficient (Wildman–Crippen LogP) is 6.08. The molecule has 32 heavy (non-hydrogen) atoms. The van der Waals surface area contributed by atoms with E-state index in [1.807, 2.05) is 6.07 Å². The molecule has 1 heterocycles. The first-order chi connectivity index (χ1) is 15.1. The molecule has 166 valence electrons. The average molecular weight is 466 g/mol. The van der Waals surface area contributed by atoms with Crippen LogP contribution in [0.25, 0.3) is 11.3 Å². The number of benzene rings is 2. The Hall–Kier alpha value is -3.32. The predicted molar refractivity (Wildman–Crippen MR) is 107 cm³/mol. The zero-order chi connectivity index (χ0) is 23.5. The Balaban J connectivity index is 1.92. The second-order valence-corrected chi connectivity index (χ2v) is 7.68. The molecule has 4 nitrogen and oxygen atoms in total. The topological polar surface area (TPSA) is 63.0 Å². The molecule has 0 spiro atoms. The molecule has 0 saturated carbocycles. The third kappa shape index (κ3) is 5.29. The summed E-state index contributed by atoms with van der Waals surface area (Å²) in [6.45, 7) is 0.573. The van der Waals surface area contributed by atoms with E-state index in [2.05, 4.69) is 4.37 Å². The molecule has 3 aromatic rings. The van der Waals surface area contributed by atoms with Gasteiger partial charge in [-0.3, -0.25) is 0 Å². The molecule has 0 aliphatic heterocycles. The lowest BCUT2D eigenvalue weighted by Crippen LogP contribution is -2.09. The molecule has 0 fully saturated rings.